The molecule has 1 aromatic rings. The molecule has 0 unspecified atom stereocenters. The van der Waals surface area contributed by atoms with Gasteiger partial charge in [-0.3, -0.25) is 0 Å². The molecule has 0 spiro atoms. The zero-order chi connectivity index (χ0) is 9.84. The van der Waals surface area contributed by atoms with Gasteiger partial charge in [0.1, 0.15) is 5.82 Å². The minimum absolute atomic E-state index is 0.0775. The quantitative estimate of drug-likeness (QED) is 0.788. The first-order valence-corrected chi connectivity index (χ1v) is 4.35. The third-order valence-corrected chi connectivity index (χ3v) is 2.14. The summed E-state index contributed by atoms with van der Waals surface area (Å²) < 4.78 is 13.2. The minimum atomic E-state index is -0.543. The van der Waals surface area contributed by atoms with Gasteiger partial charge in [0, 0.05) is 23.2 Å². The van der Waals surface area contributed by atoms with Crippen LogP contribution in [0, 0.1) is 5.82 Å². The van der Waals surface area contributed by atoms with E-state index in [2.05, 4.69) is 0 Å². The monoisotopic (exact) mass is 203 g/mol. The molecule has 0 aliphatic rings. The Morgan fingerprint density at radius 1 is 1.54 bits per heavy atom. The molecule has 0 aliphatic carbocycles. The first-order valence-electron chi connectivity index (χ1n) is 3.97. The van der Waals surface area contributed by atoms with Gasteiger partial charge in [0.25, 0.3) is 0 Å². The standard InChI is InChI=1S/C9H11ClFNO/c10-6-2-1-3-7(11)9(6)8(12)4-5-13/h1-3,8,13H,4-5,12H2/t8-/m1/s1. The normalized spacial score (nSPS) is 12.9. The van der Waals surface area contributed by atoms with Crippen LogP contribution in [-0.4, -0.2) is 11.7 Å². The summed E-state index contributed by atoms with van der Waals surface area (Å²) in [5.74, 6) is -0.423. The highest BCUT2D eigenvalue weighted by atomic mass is 35.5. The third-order valence-electron chi connectivity index (χ3n) is 1.81. The number of aliphatic hydroxyl groups excluding tert-OH is 1. The van der Waals surface area contributed by atoms with Crippen molar-refractivity contribution in [1.29, 1.82) is 0 Å². The number of rotatable bonds is 3. The number of benzene rings is 1. The molecule has 0 saturated heterocycles. The fraction of sp³-hybridized carbons (Fsp3) is 0.333. The lowest BCUT2D eigenvalue weighted by atomic mass is 10.0. The van der Waals surface area contributed by atoms with E-state index >= 15 is 0 Å². The molecule has 0 fully saturated rings. The molecule has 0 amide bonds. The number of nitrogens with two attached hydrogens (primary N) is 1. The predicted molar refractivity (Wildman–Crippen MR) is 50.0 cm³/mol. The van der Waals surface area contributed by atoms with Crippen molar-refractivity contribution >= 4 is 11.6 Å². The van der Waals surface area contributed by atoms with Gasteiger partial charge in [-0.25, -0.2) is 4.39 Å². The molecule has 0 aromatic heterocycles. The molecular formula is C9H11ClFNO. The molecule has 3 N–H and O–H groups in total. The average Bonchev–Trinajstić information content (AvgIpc) is 2.04. The van der Waals surface area contributed by atoms with E-state index in [-0.39, 0.29) is 12.2 Å². The molecule has 1 aromatic carbocycles. The van der Waals surface area contributed by atoms with Crippen LogP contribution in [0.1, 0.15) is 18.0 Å². The van der Waals surface area contributed by atoms with Gasteiger partial charge in [-0.1, -0.05) is 17.7 Å². The summed E-state index contributed by atoms with van der Waals surface area (Å²) in [4.78, 5) is 0. The van der Waals surface area contributed by atoms with Crippen LogP contribution in [0.2, 0.25) is 5.02 Å². The Morgan fingerprint density at radius 2 is 2.23 bits per heavy atom. The van der Waals surface area contributed by atoms with Crippen molar-refractivity contribution in [1.82, 2.24) is 0 Å². The van der Waals surface area contributed by atoms with Gasteiger partial charge >= 0.3 is 0 Å². The van der Waals surface area contributed by atoms with E-state index in [1.54, 1.807) is 6.07 Å². The molecule has 1 atom stereocenters. The number of hydrogen-bond acceptors (Lipinski definition) is 2. The maximum atomic E-state index is 13.2. The van der Waals surface area contributed by atoms with Crippen LogP contribution in [0.4, 0.5) is 4.39 Å². The number of halogens is 2. The van der Waals surface area contributed by atoms with Crippen molar-refractivity contribution in [2.75, 3.05) is 6.61 Å². The van der Waals surface area contributed by atoms with Crippen LogP contribution in [0.3, 0.4) is 0 Å². The lowest BCUT2D eigenvalue weighted by molar-refractivity contribution is 0.275. The second-order valence-corrected chi connectivity index (χ2v) is 3.16. The van der Waals surface area contributed by atoms with E-state index in [9.17, 15) is 4.39 Å². The van der Waals surface area contributed by atoms with Crippen LogP contribution < -0.4 is 5.73 Å². The molecule has 0 heterocycles. The summed E-state index contributed by atoms with van der Waals surface area (Å²) in [6.07, 6.45) is 0.306. The number of aliphatic hydroxyl groups is 1. The first-order chi connectivity index (χ1) is 6.16. The SMILES string of the molecule is N[C@H](CCO)c1c(F)cccc1Cl. The van der Waals surface area contributed by atoms with Gasteiger partial charge < -0.3 is 10.8 Å². The zero-order valence-electron chi connectivity index (χ0n) is 7.00. The molecule has 1 rings (SSSR count). The van der Waals surface area contributed by atoms with Crippen molar-refractivity contribution in [3.63, 3.8) is 0 Å². The van der Waals surface area contributed by atoms with E-state index < -0.39 is 11.9 Å². The van der Waals surface area contributed by atoms with Gasteiger partial charge in [-0.15, -0.1) is 0 Å². The van der Waals surface area contributed by atoms with Crippen molar-refractivity contribution in [3.8, 4) is 0 Å². The Bertz CT molecular complexity index is 273. The van der Waals surface area contributed by atoms with Crippen LogP contribution in [0.5, 0.6) is 0 Å². The van der Waals surface area contributed by atoms with E-state index in [0.717, 1.165) is 0 Å². The molecule has 4 heteroatoms. The van der Waals surface area contributed by atoms with Gasteiger partial charge in [-0.2, -0.15) is 0 Å². The Balaban J connectivity index is 2.98. The molecule has 0 radical (unpaired) electrons. The highest BCUT2D eigenvalue weighted by molar-refractivity contribution is 6.31. The molecule has 0 aliphatic heterocycles. The van der Waals surface area contributed by atoms with E-state index in [1.165, 1.54) is 12.1 Å². The van der Waals surface area contributed by atoms with Crippen molar-refractivity contribution in [2.45, 2.75) is 12.5 Å². The summed E-state index contributed by atoms with van der Waals surface area (Å²) in [6, 6.07) is 3.86. The van der Waals surface area contributed by atoms with E-state index in [1.807, 2.05) is 0 Å². The summed E-state index contributed by atoms with van der Waals surface area (Å²) in [5, 5.41) is 8.94. The molecule has 0 saturated carbocycles. The van der Waals surface area contributed by atoms with Gasteiger partial charge in [-0.05, 0) is 18.6 Å². The van der Waals surface area contributed by atoms with Crippen LogP contribution >= 0.6 is 11.6 Å². The molecule has 13 heavy (non-hydrogen) atoms. The molecule has 2 nitrogen and oxygen atoms in total. The lowest BCUT2D eigenvalue weighted by Gasteiger charge is -2.12. The average molecular weight is 204 g/mol. The van der Waals surface area contributed by atoms with Crippen molar-refractivity contribution in [2.24, 2.45) is 5.73 Å². The fourth-order valence-electron chi connectivity index (χ4n) is 1.15. The van der Waals surface area contributed by atoms with Crippen LogP contribution in [-0.2, 0) is 0 Å². The molecule has 72 valence electrons. The maximum Gasteiger partial charge on any atom is 0.129 e. The van der Waals surface area contributed by atoms with Gasteiger partial charge in [0.05, 0.1) is 0 Å². The molecule has 0 bridgehead atoms. The Labute approximate surface area is 81.1 Å². The highest BCUT2D eigenvalue weighted by Gasteiger charge is 2.13. The second kappa shape index (κ2) is 4.56. The summed E-state index contributed by atoms with van der Waals surface area (Å²) >= 11 is 5.76. The zero-order valence-corrected chi connectivity index (χ0v) is 7.76. The van der Waals surface area contributed by atoms with Crippen molar-refractivity contribution < 1.29 is 9.50 Å². The maximum absolute atomic E-state index is 13.2. The predicted octanol–water partition coefficient (Wildman–Crippen LogP) is 1.86. The lowest BCUT2D eigenvalue weighted by Crippen LogP contribution is -2.14. The highest BCUT2D eigenvalue weighted by Crippen LogP contribution is 2.25. The number of hydrogen-bond donors (Lipinski definition) is 2. The summed E-state index contributed by atoms with van der Waals surface area (Å²) in [5.41, 5.74) is 5.90. The van der Waals surface area contributed by atoms with Gasteiger partial charge in [0.15, 0.2) is 0 Å². The van der Waals surface area contributed by atoms with Crippen LogP contribution in [0.25, 0.3) is 0 Å². The third kappa shape index (κ3) is 2.40. The largest absolute Gasteiger partial charge is 0.396 e. The molecular weight excluding hydrogens is 193 g/mol. The summed E-state index contributed by atoms with van der Waals surface area (Å²) in [7, 11) is 0. The smallest absolute Gasteiger partial charge is 0.129 e. The minimum Gasteiger partial charge on any atom is -0.396 e. The Hall–Kier alpha value is -0.640. The fourth-order valence-corrected chi connectivity index (χ4v) is 1.45. The Morgan fingerprint density at radius 3 is 2.77 bits per heavy atom. The first kappa shape index (κ1) is 10.4. The Kier molecular flexibility index (Phi) is 3.66. The summed E-state index contributed by atoms with van der Waals surface area (Å²) in [6.45, 7) is -0.0775. The van der Waals surface area contributed by atoms with E-state index in [4.69, 9.17) is 22.4 Å². The van der Waals surface area contributed by atoms with E-state index in [0.29, 0.717) is 11.4 Å². The van der Waals surface area contributed by atoms with Gasteiger partial charge in [0.2, 0.25) is 0 Å². The van der Waals surface area contributed by atoms with Crippen LogP contribution in [0.15, 0.2) is 18.2 Å². The van der Waals surface area contributed by atoms with Crippen molar-refractivity contribution in [3.05, 3.63) is 34.6 Å². The second-order valence-electron chi connectivity index (χ2n) is 2.75. The topological polar surface area (TPSA) is 46.2 Å².